The minimum Gasteiger partial charge on any atom is -0.361 e. The van der Waals surface area contributed by atoms with Crippen LogP contribution in [-0.2, 0) is 16.1 Å². The molecule has 0 radical (unpaired) electrons. The monoisotopic (exact) mass is 285 g/mol. The zero-order valence-electron chi connectivity index (χ0n) is 11.6. The van der Waals surface area contributed by atoms with Gasteiger partial charge in [0.2, 0.25) is 5.91 Å². The van der Waals surface area contributed by atoms with Crippen molar-refractivity contribution in [2.45, 2.75) is 25.9 Å². The van der Waals surface area contributed by atoms with Crippen LogP contribution >= 0.6 is 0 Å². The minimum absolute atomic E-state index is 0.157. The molecule has 0 spiro atoms. The van der Waals surface area contributed by atoms with Gasteiger partial charge in [-0.25, -0.2) is 4.90 Å². The number of aromatic nitrogens is 1. The molecule has 0 aliphatic carbocycles. The molecule has 108 valence electrons. The second-order valence-corrected chi connectivity index (χ2v) is 4.97. The van der Waals surface area contributed by atoms with Gasteiger partial charge in [0.1, 0.15) is 5.76 Å². The molecule has 2 heterocycles. The first-order valence-electron chi connectivity index (χ1n) is 6.72. The average Bonchev–Trinajstić information content (AvgIpc) is 3.01. The Hall–Kier alpha value is -2.47. The van der Waals surface area contributed by atoms with Crippen LogP contribution in [0.4, 0.5) is 5.69 Å². The number of para-hydroxylation sites is 1. The predicted molar refractivity (Wildman–Crippen MR) is 75.4 cm³/mol. The van der Waals surface area contributed by atoms with Crippen LogP contribution in [0.25, 0.3) is 0 Å². The third kappa shape index (κ3) is 2.71. The van der Waals surface area contributed by atoms with Crippen LogP contribution in [0.3, 0.4) is 0 Å². The number of carbonyl (C=O) groups excluding carboxylic acids is 2. The number of hydrogen-bond donors (Lipinski definition) is 1. The highest BCUT2D eigenvalue weighted by Crippen LogP contribution is 2.22. The minimum atomic E-state index is -0.519. The number of amides is 2. The van der Waals surface area contributed by atoms with Gasteiger partial charge < -0.3 is 4.52 Å². The number of aryl methyl sites for hydroxylation is 1. The van der Waals surface area contributed by atoms with Gasteiger partial charge >= 0.3 is 0 Å². The lowest BCUT2D eigenvalue weighted by Gasteiger charge is -2.15. The topological polar surface area (TPSA) is 75.4 Å². The first-order chi connectivity index (χ1) is 10.1. The number of imide groups is 1. The van der Waals surface area contributed by atoms with Crippen LogP contribution in [0.5, 0.6) is 0 Å². The summed E-state index contributed by atoms with van der Waals surface area (Å²) >= 11 is 0. The first-order valence-corrected chi connectivity index (χ1v) is 6.72. The first kappa shape index (κ1) is 13.5. The molecule has 2 amide bonds. The number of benzene rings is 1. The van der Waals surface area contributed by atoms with E-state index in [9.17, 15) is 9.59 Å². The Labute approximate surface area is 121 Å². The lowest BCUT2D eigenvalue weighted by molar-refractivity contribution is -0.121. The van der Waals surface area contributed by atoms with Crippen molar-refractivity contribution in [3.63, 3.8) is 0 Å². The fraction of sp³-hybridized carbons (Fsp3) is 0.267. The van der Waals surface area contributed by atoms with Gasteiger partial charge in [-0.05, 0) is 19.1 Å². The van der Waals surface area contributed by atoms with Gasteiger partial charge in [-0.15, -0.1) is 0 Å². The van der Waals surface area contributed by atoms with E-state index in [1.165, 1.54) is 4.90 Å². The van der Waals surface area contributed by atoms with Crippen molar-refractivity contribution in [3.05, 3.63) is 47.9 Å². The highest BCUT2D eigenvalue weighted by Gasteiger charge is 2.39. The van der Waals surface area contributed by atoms with Gasteiger partial charge in [0.15, 0.2) is 0 Å². The molecule has 1 fully saturated rings. The van der Waals surface area contributed by atoms with E-state index in [2.05, 4.69) is 10.5 Å². The van der Waals surface area contributed by atoms with Crippen LogP contribution in [0.1, 0.15) is 17.9 Å². The van der Waals surface area contributed by atoms with E-state index in [0.717, 1.165) is 0 Å². The third-order valence-electron chi connectivity index (χ3n) is 3.37. The summed E-state index contributed by atoms with van der Waals surface area (Å²) in [5.74, 6) is 0.290. The summed E-state index contributed by atoms with van der Waals surface area (Å²) in [6.07, 6.45) is 0.157. The van der Waals surface area contributed by atoms with E-state index in [0.29, 0.717) is 23.7 Å². The van der Waals surface area contributed by atoms with E-state index >= 15 is 0 Å². The molecule has 1 aromatic carbocycles. The van der Waals surface area contributed by atoms with E-state index in [4.69, 9.17) is 4.52 Å². The molecule has 6 heteroatoms. The molecule has 1 aliphatic rings. The van der Waals surface area contributed by atoms with Crippen molar-refractivity contribution in [1.29, 1.82) is 0 Å². The highest BCUT2D eigenvalue weighted by molar-refractivity contribution is 6.22. The maximum absolute atomic E-state index is 12.3. The summed E-state index contributed by atoms with van der Waals surface area (Å²) in [5, 5.41) is 6.91. The molecule has 2 aromatic rings. The molecule has 0 bridgehead atoms. The van der Waals surface area contributed by atoms with Crippen molar-refractivity contribution >= 4 is 17.5 Å². The number of anilines is 1. The number of nitrogens with zero attached hydrogens (tertiary/aromatic N) is 2. The van der Waals surface area contributed by atoms with Crippen LogP contribution in [-0.4, -0.2) is 23.0 Å². The SMILES string of the molecule is Cc1cc(CNC2CC(=O)N(c3ccccc3)C2=O)no1. The normalized spacial score (nSPS) is 18.5. The second kappa shape index (κ2) is 5.49. The van der Waals surface area contributed by atoms with Crippen LogP contribution in [0.15, 0.2) is 40.9 Å². The Balaban J connectivity index is 1.69. The molecule has 6 nitrogen and oxygen atoms in total. The quantitative estimate of drug-likeness (QED) is 0.859. The zero-order chi connectivity index (χ0) is 14.8. The number of nitrogens with one attached hydrogen (secondary N) is 1. The molecular formula is C15H15N3O3. The van der Waals surface area contributed by atoms with Crippen LogP contribution < -0.4 is 10.2 Å². The number of carbonyl (C=O) groups is 2. The molecule has 1 saturated heterocycles. The maximum atomic E-state index is 12.3. The fourth-order valence-corrected chi connectivity index (χ4v) is 2.37. The summed E-state index contributed by atoms with van der Waals surface area (Å²) < 4.78 is 4.97. The Bertz CT molecular complexity index is 666. The standard InChI is InChI=1S/C15H15N3O3/c1-10-7-11(17-21-10)9-16-13-8-14(19)18(15(13)20)12-5-3-2-4-6-12/h2-7,13,16H,8-9H2,1H3. The maximum Gasteiger partial charge on any atom is 0.251 e. The van der Waals surface area contributed by atoms with Crippen LogP contribution in [0.2, 0.25) is 0 Å². The summed E-state index contributed by atoms with van der Waals surface area (Å²) in [6.45, 7) is 2.20. The number of hydrogen-bond acceptors (Lipinski definition) is 5. The third-order valence-corrected chi connectivity index (χ3v) is 3.37. The van der Waals surface area contributed by atoms with Gasteiger partial charge in [-0.1, -0.05) is 23.4 Å². The van der Waals surface area contributed by atoms with Gasteiger partial charge in [0.25, 0.3) is 5.91 Å². The van der Waals surface area contributed by atoms with Gasteiger partial charge in [-0.3, -0.25) is 14.9 Å². The predicted octanol–water partition coefficient (Wildman–Crippen LogP) is 1.40. The molecule has 21 heavy (non-hydrogen) atoms. The molecule has 1 aromatic heterocycles. The van der Waals surface area contributed by atoms with E-state index in [-0.39, 0.29) is 18.2 Å². The lowest BCUT2D eigenvalue weighted by atomic mass is 10.2. The van der Waals surface area contributed by atoms with Crippen molar-refractivity contribution in [2.75, 3.05) is 4.90 Å². The second-order valence-electron chi connectivity index (χ2n) is 4.97. The Morgan fingerprint density at radius 1 is 1.33 bits per heavy atom. The average molecular weight is 285 g/mol. The Morgan fingerprint density at radius 2 is 2.10 bits per heavy atom. The summed E-state index contributed by atoms with van der Waals surface area (Å²) in [7, 11) is 0. The largest absolute Gasteiger partial charge is 0.361 e. The molecule has 3 rings (SSSR count). The number of rotatable bonds is 4. The zero-order valence-corrected chi connectivity index (χ0v) is 11.6. The molecule has 1 N–H and O–H groups in total. The highest BCUT2D eigenvalue weighted by atomic mass is 16.5. The van der Waals surface area contributed by atoms with Crippen molar-refractivity contribution in [2.24, 2.45) is 0 Å². The summed E-state index contributed by atoms with van der Waals surface area (Å²) in [6, 6.07) is 10.2. The Kier molecular flexibility index (Phi) is 3.53. The fourth-order valence-electron chi connectivity index (χ4n) is 2.37. The van der Waals surface area contributed by atoms with Crippen molar-refractivity contribution < 1.29 is 14.1 Å². The van der Waals surface area contributed by atoms with E-state index in [1.54, 1.807) is 37.3 Å². The summed E-state index contributed by atoms with van der Waals surface area (Å²) in [4.78, 5) is 25.6. The van der Waals surface area contributed by atoms with Crippen LogP contribution in [0, 0.1) is 6.92 Å². The van der Waals surface area contributed by atoms with E-state index in [1.807, 2.05) is 6.07 Å². The van der Waals surface area contributed by atoms with Gasteiger partial charge in [-0.2, -0.15) is 0 Å². The van der Waals surface area contributed by atoms with Crippen molar-refractivity contribution in [1.82, 2.24) is 10.5 Å². The smallest absolute Gasteiger partial charge is 0.251 e. The molecule has 1 atom stereocenters. The Morgan fingerprint density at radius 3 is 2.76 bits per heavy atom. The van der Waals surface area contributed by atoms with Crippen molar-refractivity contribution in [3.8, 4) is 0 Å². The lowest BCUT2D eigenvalue weighted by Crippen LogP contribution is -2.38. The van der Waals surface area contributed by atoms with E-state index < -0.39 is 6.04 Å². The molecule has 0 saturated carbocycles. The van der Waals surface area contributed by atoms with Gasteiger partial charge in [0.05, 0.1) is 23.8 Å². The summed E-state index contributed by atoms with van der Waals surface area (Å²) in [5.41, 5.74) is 1.32. The molecule has 1 aliphatic heterocycles. The van der Waals surface area contributed by atoms with Gasteiger partial charge in [0, 0.05) is 12.6 Å². The molecule has 1 unspecified atom stereocenters. The molecular weight excluding hydrogens is 270 g/mol.